The lowest BCUT2D eigenvalue weighted by Crippen LogP contribution is -2.48. The van der Waals surface area contributed by atoms with Gasteiger partial charge < -0.3 is 4.90 Å². The van der Waals surface area contributed by atoms with E-state index in [0.717, 1.165) is 35.4 Å². The average Bonchev–Trinajstić information content (AvgIpc) is 2.82. The Hall–Kier alpha value is -1.73. The van der Waals surface area contributed by atoms with E-state index in [1.807, 2.05) is 24.0 Å². The van der Waals surface area contributed by atoms with E-state index in [9.17, 15) is 9.18 Å². The minimum Gasteiger partial charge on any atom is -0.335 e. The summed E-state index contributed by atoms with van der Waals surface area (Å²) in [4.78, 5) is 16.9. The van der Waals surface area contributed by atoms with Crippen LogP contribution in [-0.4, -0.2) is 51.7 Å². The van der Waals surface area contributed by atoms with Crippen molar-refractivity contribution < 1.29 is 9.18 Å². The van der Waals surface area contributed by atoms with Gasteiger partial charge in [-0.1, -0.05) is 12.1 Å². The number of amides is 1. The fourth-order valence-corrected chi connectivity index (χ4v) is 3.48. The summed E-state index contributed by atoms with van der Waals surface area (Å²) >= 11 is 3.46. The molecule has 1 saturated heterocycles. The highest BCUT2D eigenvalue weighted by Crippen LogP contribution is 2.22. The Morgan fingerprint density at radius 3 is 2.38 bits per heavy atom. The van der Waals surface area contributed by atoms with Crippen LogP contribution in [0, 0.1) is 12.7 Å². The van der Waals surface area contributed by atoms with Crippen LogP contribution in [0.1, 0.15) is 21.7 Å². The SMILES string of the molecule is Cc1nn(C)c(C(=O)N2CCN(Cc3ccc(F)cc3)CC2)c1Br. The summed E-state index contributed by atoms with van der Waals surface area (Å²) in [6, 6.07) is 6.58. The van der Waals surface area contributed by atoms with Crippen LogP contribution in [0.15, 0.2) is 28.7 Å². The Labute approximate surface area is 149 Å². The lowest BCUT2D eigenvalue weighted by atomic mass is 10.2. The average molecular weight is 395 g/mol. The minimum atomic E-state index is -0.216. The number of benzene rings is 1. The Balaban J connectivity index is 1.60. The maximum atomic E-state index is 13.0. The summed E-state index contributed by atoms with van der Waals surface area (Å²) in [5.41, 5.74) is 2.50. The van der Waals surface area contributed by atoms with Gasteiger partial charge >= 0.3 is 0 Å². The number of carbonyl (C=O) groups is 1. The molecular weight excluding hydrogens is 375 g/mol. The van der Waals surface area contributed by atoms with Crippen LogP contribution in [0.2, 0.25) is 0 Å². The standard InChI is InChI=1S/C17H20BrFN4O/c1-12-15(18)16(21(2)20-12)17(24)23-9-7-22(8-10-23)11-13-3-5-14(19)6-4-13/h3-6H,7-11H2,1-2H3. The first kappa shape index (κ1) is 17.1. The molecule has 1 amide bonds. The number of aryl methyl sites for hydroxylation is 2. The summed E-state index contributed by atoms with van der Waals surface area (Å²) in [6.07, 6.45) is 0. The van der Waals surface area contributed by atoms with E-state index >= 15 is 0 Å². The summed E-state index contributed by atoms with van der Waals surface area (Å²) < 4.78 is 15.4. The molecule has 1 aliphatic rings. The molecule has 3 rings (SSSR count). The third-order valence-corrected chi connectivity index (χ3v) is 5.28. The van der Waals surface area contributed by atoms with Crippen molar-refractivity contribution in [3.63, 3.8) is 0 Å². The second-order valence-electron chi connectivity index (χ2n) is 6.07. The minimum absolute atomic E-state index is 0.00593. The van der Waals surface area contributed by atoms with Crippen LogP contribution in [0.4, 0.5) is 4.39 Å². The molecule has 7 heteroatoms. The second kappa shape index (κ2) is 7.03. The summed E-state index contributed by atoms with van der Waals surface area (Å²) in [7, 11) is 1.79. The van der Waals surface area contributed by atoms with Crippen LogP contribution in [0.5, 0.6) is 0 Å². The molecule has 0 bridgehead atoms. The predicted molar refractivity (Wildman–Crippen MR) is 93.2 cm³/mol. The molecule has 0 spiro atoms. The van der Waals surface area contributed by atoms with Gasteiger partial charge in [0, 0.05) is 39.8 Å². The van der Waals surface area contributed by atoms with Crippen LogP contribution in [-0.2, 0) is 13.6 Å². The number of carbonyl (C=O) groups excluding carboxylic acids is 1. The molecule has 2 heterocycles. The van der Waals surface area contributed by atoms with Crippen molar-refractivity contribution in [2.24, 2.45) is 7.05 Å². The number of hydrogen-bond donors (Lipinski definition) is 0. The van der Waals surface area contributed by atoms with Gasteiger partial charge in [-0.25, -0.2) is 4.39 Å². The van der Waals surface area contributed by atoms with Crippen LogP contribution in [0.3, 0.4) is 0 Å². The Kier molecular flexibility index (Phi) is 5.01. The predicted octanol–water partition coefficient (Wildman–Crippen LogP) is 2.59. The van der Waals surface area contributed by atoms with Gasteiger partial charge in [0.15, 0.2) is 0 Å². The van der Waals surface area contributed by atoms with Crippen molar-refractivity contribution in [3.8, 4) is 0 Å². The monoisotopic (exact) mass is 394 g/mol. The normalized spacial score (nSPS) is 15.8. The molecule has 1 aliphatic heterocycles. The van der Waals surface area contributed by atoms with Gasteiger partial charge in [-0.3, -0.25) is 14.4 Å². The van der Waals surface area contributed by atoms with Gasteiger partial charge in [0.25, 0.3) is 5.91 Å². The van der Waals surface area contributed by atoms with Crippen LogP contribution in [0.25, 0.3) is 0 Å². The number of piperazine rings is 1. The van der Waals surface area contributed by atoms with E-state index in [4.69, 9.17) is 0 Å². The highest BCUT2D eigenvalue weighted by atomic mass is 79.9. The van der Waals surface area contributed by atoms with Crippen molar-refractivity contribution in [3.05, 3.63) is 51.5 Å². The molecule has 0 unspecified atom stereocenters. The van der Waals surface area contributed by atoms with E-state index in [1.165, 1.54) is 12.1 Å². The zero-order chi connectivity index (χ0) is 17.3. The van der Waals surface area contributed by atoms with Crippen molar-refractivity contribution >= 4 is 21.8 Å². The lowest BCUT2D eigenvalue weighted by molar-refractivity contribution is 0.0617. The summed E-state index contributed by atoms with van der Waals surface area (Å²) in [6.45, 7) is 5.61. The molecule has 5 nitrogen and oxygen atoms in total. The molecule has 1 fully saturated rings. The fraction of sp³-hybridized carbons (Fsp3) is 0.412. The molecule has 128 valence electrons. The number of aromatic nitrogens is 2. The van der Waals surface area contributed by atoms with Crippen LogP contribution >= 0.6 is 15.9 Å². The van der Waals surface area contributed by atoms with E-state index in [0.29, 0.717) is 18.8 Å². The first-order valence-corrected chi connectivity index (χ1v) is 8.70. The topological polar surface area (TPSA) is 41.4 Å². The molecule has 0 radical (unpaired) electrons. The maximum Gasteiger partial charge on any atom is 0.273 e. The maximum absolute atomic E-state index is 13.0. The van der Waals surface area contributed by atoms with Gasteiger partial charge in [-0.2, -0.15) is 5.10 Å². The second-order valence-corrected chi connectivity index (χ2v) is 6.86. The molecule has 0 atom stereocenters. The zero-order valence-corrected chi connectivity index (χ0v) is 15.4. The third-order valence-electron chi connectivity index (χ3n) is 4.33. The van der Waals surface area contributed by atoms with E-state index in [1.54, 1.807) is 11.7 Å². The molecule has 0 saturated carbocycles. The number of halogens is 2. The van der Waals surface area contributed by atoms with Gasteiger partial charge in [0.05, 0.1) is 10.2 Å². The first-order valence-electron chi connectivity index (χ1n) is 7.91. The first-order chi connectivity index (χ1) is 11.5. The van der Waals surface area contributed by atoms with Crippen molar-refractivity contribution in [2.45, 2.75) is 13.5 Å². The Morgan fingerprint density at radius 1 is 1.21 bits per heavy atom. The number of nitrogens with zero attached hydrogens (tertiary/aromatic N) is 4. The van der Waals surface area contributed by atoms with E-state index in [-0.39, 0.29) is 11.7 Å². The number of hydrogen-bond acceptors (Lipinski definition) is 3. The molecule has 2 aromatic rings. The van der Waals surface area contributed by atoms with E-state index in [2.05, 4.69) is 25.9 Å². The van der Waals surface area contributed by atoms with Gasteiger partial charge in [-0.05, 0) is 40.5 Å². The summed E-state index contributed by atoms with van der Waals surface area (Å²) in [5, 5.41) is 4.29. The van der Waals surface area contributed by atoms with Crippen molar-refractivity contribution in [2.75, 3.05) is 26.2 Å². The summed E-state index contributed by atoms with van der Waals surface area (Å²) in [5.74, 6) is -0.211. The van der Waals surface area contributed by atoms with Crippen molar-refractivity contribution in [1.29, 1.82) is 0 Å². The third kappa shape index (κ3) is 3.52. The molecule has 0 N–H and O–H groups in total. The molecular formula is C17H20BrFN4O. The Bertz CT molecular complexity index is 736. The smallest absolute Gasteiger partial charge is 0.273 e. The highest BCUT2D eigenvalue weighted by Gasteiger charge is 2.26. The largest absolute Gasteiger partial charge is 0.335 e. The van der Waals surface area contributed by atoms with Gasteiger partial charge in [-0.15, -0.1) is 0 Å². The van der Waals surface area contributed by atoms with Crippen molar-refractivity contribution in [1.82, 2.24) is 19.6 Å². The lowest BCUT2D eigenvalue weighted by Gasteiger charge is -2.34. The molecule has 24 heavy (non-hydrogen) atoms. The number of rotatable bonds is 3. The zero-order valence-electron chi connectivity index (χ0n) is 13.8. The fourth-order valence-electron chi connectivity index (χ4n) is 2.97. The molecule has 0 aliphatic carbocycles. The van der Waals surface area contributed by atoms with Crippen LogP contribution < -0.4 is 0 Å². The molecule has 1 aromatic heterocycles. The molecule has 1 aromatic carbocycles. The van der Waals surface area contributed by atoms with Gasteiger partial charge in [0.1, 0.15) is 11.5 Å². The quantitative estimate of drug-likeness (QED) is 0.803. The van der Waals surface area contributed by atoms with E-state index < -0.39 is 0 Å². The Morgan fingerprint density at radius 2 is 1.83 bits per heavy atom. The van der Waals surface area contributed by atoms with Gasteiger partial charge in [0.2, 0.25) is 0 Å². The highest BCUT2D eigenvalue weighted by molar-refractivity contribution is 9.10.